The molecule has 1 rings (SSSR count). The van der Waals surface area contributed by atoms with Crippen LogP contribution in [0.2, 0.25) is 0 Å². The standard InChI is InChI=1S/C7H13NS/c1-3-4-5-7-6-8(2)9-7/h6H,3-5H2,1-2H3. The lowest BCUT2D eigenvalue weighted by molar-refractivity contribution is 0.789. The molecule has 0 aliphatic rings. The van der Waals surface area contributed by atoms with Crippen LogP contribution < -0.4 is 0 Å². The number of hydrogen-bond acceptors (Lipinski definition) is 1. The number of unbranched alkanes of at least 4 members (excludes halogenated alkanes) is 1. The molecule has 9 heavy (non-hydrogen) atoms. The Kier molecular flexibility index (Phi) is 2.34. The van der Waals surface area contributed by atoms with Gasteiger partial charge in [0.2, 0.25) is 0 Å². The summed E-state index contributed by atoms with van der Waals surface area (Å²) in [7, 11) is 2.08. The van der Waals surface area contributed by atoms with Crippen LogP contribution in [0, 0.1) is 0 Å². The van der Waals surface area contributed by atoms with Crippen LogP contribution in [0.3, 0.4) is 0 Å². The molecule has 0 aliphatic carbocycles. The average molecular weight is 143 g/mol. The number of aromatic nitrogens is 1. The summed E-state index contributed by atoms with van der Waals surface area (Å²) < 4.78 is 2.14. The van der Waals surface area contributed by atoms with Gasteiger partial charge in [0.1, 0.15) is 0 Å². The number of aryl methyl sites for hydroxylation is 2. The van der Waals surface area contributed by atoms with Crippen molar-refractivity contribution in [2.24, 2.45) is 7.05 Å². The molecule has 0 amide bonds. The summed E-state index contributed by atoms with van der Waals surface area (Å²) in [5.41, 5.74) is 0. The van der Waals surface area contributed by atoms with Crippen molar-refractivity contribution in [1.29, 1.82) is 0 Å². The minimum Gasteiger partial charge on any atom is -0.307 e. The van der Waals surface area contributed by atoms with E-state index in [4.69, 9.17) is 0 Å². The first kappa shape index (κ1) is 6.87. The molecule has 0 saturated heterocycles. The first-order valence-electron chi connectivity index (χ1n) is 3.44. The second-order valence-corrected chi connectivity index (χ2v) is 3.62. The molecule has 0 fully saturated rings. The molecule has 0 spiro atoms. The Hall–Kier alpha value is -0.240. The molecule has 1 aromatic heterocycles. The summed E-state index contributed by atoms with van der Waals surface area (Å²) in [4.78, 5) is 1.54. The highest BCUT2D eigenvalue weighted by Gasteiger charge is 1.96. The zero-order valence-corrected chi connectivity index (χ0v) is 6.87. The second-order valence-electron chi connectivity index (χ2n) is 2.34. The zero-order chi connectivity index (χ0) is 6.69. The maximum atomic E-state index is 2.23. The van der Waals surface area contributed by atoms with Gasteiger partial charge in [-0.25, -0.2) is 0 Å². The number of nitrogens with zero attached hydrogens (tertiary/aromatic N) is 1. The van der Waals surface area contributed by atoms with Gasteiger partial charge in [0.15, 0.2) is 0 Å². The van der Waals surface area contributed by atoms with E-state index in [1.165, 1.54) is 19.3 Å². The average Bonchev–Trinajstić information content (AvgIpc) is 1.78. The SMILES string of the molecule is CCCCc1cn(C)s1. The lowest BCUT2D eigenvalue weighted by Crippen LogP contribution is -1.94. The summed E-state index contributed by atoms with van der Waals surface area (Å²) in [6.45, 7) is 2.23. The molecule has 0 atom stereocenters. The smallest absolute Gasteiger partial charge is 0.0389 e. The molecule has 1 aromatic rings. The fourth-order valence-electron chi connectivity index (χ4n) is 0.850. The summed E-state index contributed by atoms with van der Waals surface area (Å²) in [6.07, 6.45) is 6.14. The molecule has 0 radical (unpaired) electrons. The fourth-order valence-corrected chi connectivity index (χ4v) is 1.68. The fraction of sp³-hybridized carbons (Fsp3) is 0.714. The third kappa shape index (κ3) is 1.86. The van der Waals surface area contributed by atoms with Gasteiger partial charge in [0.05, 0.1) is 0 Å². The Morgan fingerprint density at radius 3 is 2.78 bits per heavy atom. The van der Waals surface area contributed by atoms with Crippen molar-refractivity contribution in [3.63, 3.8) is 0 Å². The quantitative estimate of drug-likeness (QED) is 0.612. The highest BCUT2D eigenvalue weighted by atomic mass is 32.1. The van der Waals surface area contributed by atoms with Crippen molar-refractivity contribution in [1.82, 2.24) is 3.96 Å². The maximum Gasteiger partial charge on any atom is 0.0389 e. The monoisotopic (exact) mass is 143 g/mol. The largest absolute Gasteiger partial charge is 0.307 e. The zero-order valence-electron chi connectivity index (χ0n) is 6.05. The van der Waals surface area contributed by atoms with Crippen molar-refractivity contribution in [3.05, 3.63) is 11.1 Å². The molecule has 1 nitrogen and oxygen atoms in total. The van der Waals surface area contributed by atoms with Crippen LogP contribution in [0.15, 0.2) is 6.20 Å². The Morgan fingerprint density at radius 2 is 2.33 bits per heavy atom. The van der Waals surface area contributed by atoms with Gasteiger partial charge in [0.25, 0.3) is 0 Å². The molecule has 0 unspecified atom stereocenters. The first-order valence-corrected chi connectivity index (χ1v) is 4.21. The topological polar surface area (TPSA) is 4.93 Å². The van der Waals surface area contributed by atoms with Gasteiger partial charge in [-0.2, -0.15) is 0 Å². The normalized spacial score (nSPS) is 10.4. The lowest BCUT2D eigenvalue weighted by atomic mass is 10.2. The third-order valence-corrected chi connectivity index (χ3v) is 2.30. The number of rotatable bonds is 3. The molecule has 0 saturated carbocycles. The summed E-state index contributed by atoms with van der Waals surface area (Å²) in [5, 5.41) is 0. The summed E-state index contributed by atoms with van der Waals surface area (Å²) in [5.74, 6) is 0. The molecule has 0 bridgehead atoms. The minimum absolute atomic E-state index is 1.28. The Morgan fingerprint density at radius 1 is 1.67 bits per heavy atom. The molecule has 0 N–H and O–H groups in total. The lowest BCUT2D eigenvalue weighted by Gasteiger charge is -2.06. The van der Waals surface area contributed by atoms with Gasteiger partial charge in [-0.1, -0.05) is 24.9 Å². The van der Waals surface area contributed by atoms with Gasteiger partial charge in [-0.05, 0) is 12.8 Å². The Labute approximate surface area is 60.5 Å². The highest BCUT2D eigenvalue weighted by Crippen LogP contribution is 2.13. The van der Waals surface area contributed by atoms with Crippen LogP contribution in [0.1, 0.15) is 24.6 Å². The van der Waals surface area contributed by atoms with Crippen LogP contribution in [0.25, 0.3) is 0 Å². The van der Waals surface area contributed by atoms with Crippen LogP contribution in [0.5, 0.6) is 0 Å². The summed E-state index contributed by atoms with van der Waals surface area (Å²) >= 11 is 1.86. The van der Waals surface area contributed by atoms with Crippen LogP contribution in [-0.2, 0) is 13.5 Å². The maximum absolute atomic E-state index is 2.23. The molecule has 52 valence electrons. The minimum atomic E-state index is 1.28. The van der Waals surface area contributed by atoms with E-state index in [-0.39, 0.29) is 0 Å². The van der Waals surface area contributed by atoms with E-state index in [0.29, 0.717) is 0 Å². The van der Waals surface area contributed by atoms with Crippen molar-refractivity contribution >= 4 is 11.5 Å². The molecule has 0 aliphatic heterocycles. The van der Waals surface area contributed by atoms with Gasteiger partial charge in [0, 0.05) is 18.1 Å². The summed E-state index contributed by atoms with van der Waals surface area (Å²) in [6, 6.07) is 0. The Bertz CT molecular complexity index is 152. The van der Waals surface area contributed by atoms with E-state index in [1.807, 2.05) is 11.5 Å². The van der Waals surface area contributed by atoms with Gasteiger partial charge < -0.3 is 3.96 Å². The van der Waals surface area contributed by atoms with E-state index >= 15 is 0 Å². The van der Waals surface area contributed by atoms with Crippen molar-refractivity contribution < 1.29 is 0 Å². The van der Waals surface area contributed by atoms with Gasteiger partial charge >= 0.3 is 0 Å². The van der Waals surface area contributed by atoms with E-state index in [2.05, 4.69) is 24.1 Å². The van der Waals surface area contributed by atoms with E-state index in [0.717, 1.165) is 0 Å². The van der Waals surface area contributed by atoms with E-state index in [9.17, 15) is 0 Å². The van der Waals surface area contributed by atoms with Crippen LogP contribution in [0.4, 0.5) is 0 Å². The van der Waals surface area contributed by atoms with Crippen molar-refractivity contribution in [2.45, 2.75) is 26.2 Å². The molecular formula is C7H13NS. The predicted molar refractivity (Wildman–Crippen MR) is 41.9 cm³/mol. The van der Waals surface area contributed by atoms with E-state index in [1.54, 1.807) is 4.88 Å². The highest BCUT2D eigenvalue weighted by molar-refractivity contribution is 7.07. The van der Waals surface area contributed by atoms with Crippen molar-refractivity contribution in [3.8, 4) is 0 Å². The van der Waals surface area contributed by atoms with E-state index < -0.39 is 0 Å². The molecule has 1 heterocycles. The molecular weight excluding hydrogens is 130 g/mol. The molecule has 2 heteroatoms. The second kappa shape index (κ2) is 3.06. The van der Waals surface area contributed by atoms with Crippen LogP contribution in [-0.4, -0.2) is 3.96 Å². The molecule has 0 aromatic carbocycles. The Balaban J connectivity index is 2.19. The van der Waals surface area contributed by atoms with Gasteiger partial charge in [-0.15, -0.1) is 0 Å². The first-order chi connectivity index (χ1) is 4.33. The van der Waals surface area contributed by atoms with Gasteiger partial charge in [-0.3, -0.25) is 0 Å². The third-order valence-electron chi connectivity index (χ3n) is 1.36. The van der Waals surface area contributed by atoms with Crippen molar-refractivity contribution in [2.75, 3.05) is 0 Å². The number of hydrogen-bond donors (Lipinski definition) is 0. The predicted octanol–water partition coefficient (Wildman–Crippen LogP) is 2.43. The van der Waals surface area contributed by atoms with Crippen LogP contribution >= 0.6 is 11.5 Å².